The second-order valence-corrected chi connectivity index (χ2v) is 9.03. The molecule has 0 bridgehead atoms. The van der Waals surface area contributed by atoms with Crippen LogP contribution in [0.5, 0.6) is 5.88 Å². The van der Waals surface area contributed by atoms with Gasteiger partial charge in [0.15, 0.2) is 25.4 Å². The van der Waals surface area contributed by atoms with Crippen LogP contribution in [-0.2, 0) is 21.2 Å². The lowest BCUT2D eigenvalue weighted by atomic mass is 10.0. The van der Waals surface area contributed by atoms with Crippen LogP contribution in [0.4, 0.5) is 0 Å². The zero-order chi connectivity index (χ0) is 18.9. The number of rotatable bonds is 7. The third-order valence-electron chi connectivity index (χ3n) is 3.89. The molecule has 0 aliphatic heterocycles. The summed E-state index contributed by atoms with van der Waals surface area (Å²) in [4.78, 5) is 24.1. The number of nitrogens with zero attached hydrogens (tertiary/aromatic N) is 1. The van der Waals surface area contributed by atoms with Crippen LogP contribution in [0.25, 0.3) is 0 Å². The highest BCUT2D eigenvalue weighted by Crippen LogP contribution is 2.33. The Labute approximate surface area is 155 Å². The number of hydrogen-bond acceptors (Lipinski definition) is 8. The molecule has 0 unspecified atom stereocenters. The lowest BCUT2D eigenvalue weighted by molar-refractivity contribution is 0.0591. The molecule has 26 heavy (non-hydrogen) atoms. The Hall–Kier alpha value is -2.26. The summed E-state index contributed by atoms with van der Waals surface area (Å²) < 4.78 is 37.6. The number of ketones is 1. The Morgan fingerprint density at radius 2 is 2.04 bits per heavy atom. The average molecular weight is 395 g/mol. The zero-order valence-electron chi connectivity index (χ0n) is 14.2. The summed E-state index contributed by atoms with van der Waals surface area (Å²) in [5.41, 5.74) is 1.14. The molecule has 0 spiro atoms. The van der Waals surface area contributed by atoms with Crippen molar-refractivity contribution in [2.75, 3.05) is 13.4 Å². The summed E-state index contributed by atoms with van der Waals surface area (Å²) in [7, 11) is -2.49. The number of benzene rings is 1. The minimum atomic E-state index is -3.64. The Bertz CT molecular complexity index is 959. The van der Waals surface area contributed by atoms with Gasteiger partial charge in [0.1, 0.15) is 6.61 Å². The third-order valence-corrected chi connectivity index (χ3v) is 6.53. The Morgan fingerprint density at radius 1 is 1.31 bits per heavy atom. The topological polar surface area (TPSA) is 99.6 Å². The molecule has 0 radical (unpaired) electrons. The third kappa shape index (κ3) is 3.94. The normalized spacial score (nSPS) is 14.1. The maximum Gasteiger partial charge on any atom is 0.345 e. The summed E-state index contributed by atoms with van der Waals surface area (Å²) >= 11 is 0.664. The summed E-state index contributed by atoms with van der Waals surface area (Å²) in [6, 6.07) is 7.04. The van der Waals surface area contributed by atoms with E-state index in [9.17, 15) is 18.0 Å². The average Bonchev–Trinajstić information content (AvgIpc) is 3.36. The van der Waals surface area contributed by atoms with Crippen molar-refractivity contribution >= 4 is 33.1 Å². The van der Waals surface area contributed by atoms with Crippen molar-refractivity contribution in [2.45, 2.75) is 23.7 Å². The smallest absolute Gasteiger partial charge is 0.345 e. The quantitative estimate of drug-likeness (QED) is 0.524. The number of Topliss-reactive ketones (excluding diaryl/α,β-unsaturated/α-hetero) is 1. The van der Waals surface area contributed by atoms with Gasteiger partial charge < -0.3 is 9.47 Å². The maximum atomic E-state index is 12.2. The van der Waals surface area contributed by atoms with Gasteiger partial charge in [-0.3, -0.25) is 4.79 Å². The number of ether oxygens (including phenoxy) is 2. The van der Waals surface area contributed by atoms with Crippen LogP contribution < -0.4 is 4.74 Å². The van der Waals surface area contributed by atoms with Crippen molar-refractivity contribution < 1.29 is 27.5 Å². The lowest BCUT2D eigenvalue weighted by Crippen LogP contribution is -2.09. The monoisotopic (exact) mass is 395 g/mol. The molecule has 1 fully saturated rings. The van der Waals surface area contributed by atoms with E-state index in [1.807, 2.05) is 0 Å². The predicted octanol–water partition coefficient (Wildman–Crippen LogP) is 2.50. The lowest BCUT2D eigenvalue weighted by Gasteiger charge is -2.07. The Morgan fingerprint density at radius 3 is 2.65 bits per heavy atom. The van der Waals surface area contributed by atoms with E-state index in [1.54, 1.807) is 24.3 Å². The molecule has 7 nitrogen and oxygen atoms in total. The molecule has 3 rings (SSSR count). The predicted molar refractivity (Wildman–Crippen MR) is 94.4 cm³/mol. The first kappa shape index (κ1) is 18.5. The molecule has 1 aliphatic carbocycles. The first-order valence-electron chi connectivity index (χ1n) is 7.85. The fourth-order valence-corrected chi connectivity index (χ4v) is 4.20. The van der Waals surface area contributed by atoms with Gasteiger partial charge in [0, 0.05) is 17.7 Å². The first-order chi connectivity index (χ1) is 12.3. The van der Waals surface area contributed by atoms with Gasteiger partial charge in [0.25, 0.3) is 0 Å². The van der Waals surface area contributed by atoms with Crippen molar-refractivity contribution in [3.63, 3.8) is 0 Å². The highest BCUT2D eigenvalue weighted by molar-refractivity contribution is 7.92. The number of hydrogen-bond donors (Lipinski definition) is 0. The number of carbonyl (C=O) groups is 2. The van der Waals surface area contributed by atoms with E-state index in [2.05, 4.69) is 9.11 Å². The van der Waals surface area contributed by atoms with Gasteiger partial charge in [-0.15, -0.1) is 0 Å². The molecule has 0 saturated heterocycles. The molecule has 0 N–H and O–H groups in total. The van der Waals surface area contributed by atoms with Gasteiger partial charge >= 0.3 is 5.97 Å². The molecule has 1 saturated carbocycles. The van der Waals surface area contributed by atoms with Crippen molar-refractivity contribution in [3.05, 3.63) is 41.0 Å². The van der Waals surface area contributed by atoms with Gasteiger partial charge in [-0.1, -0.05) is 18.2 Å². The largest absolute Gasteiger partial charge is 0.472 e. The van der Waals surface area contributed by atoms with Crippen LogP contribution in [0.1, 0.15) is 39.1 Å². The van der Waals surface area contributed by atoms with Crippen LogP contribution >= 0.6 is 11.5 Å². The number of sulfone groups is 1. The standard InChI is InChI=1S/C17H17NO6S2/c1-23-16(20)13-15(18-25-17(13)26(2,21)22)24-9-10-4-3-5-12(8-10)14(19)11-6-7-11/h3-5,8,11H,6-7,9H2,1-2H3. The number of esters is 1. The van der Waals surface area contributed by atoms with Gasteiger partial charge in [0.2, 0.25) is 5.88 Å². The summed E-state index contributed by atoms with van der Waals surface area (Å²) in [6.45, 7) is 0.0444. The van der Waals surface area contributed by atoms with Crippen molar-refractivity contribution in [3.8, 4) is 5.88 Å². The Balaban J connectivity index is 1.82. The summed E-state index contributed by atoms with van der Waals surface area (Å²) in [5.74, 6) is -0.684. The fourth-order valence-electron chi connectivity index (χ4n) is 2.43. The molecular formula is C17H17NO6S2. The van der Waals surface area contributed by atoms with Crippen molar-refractivity contribution in [2.24, 2.45) is 5.92 Å². The van der Waals surface area contributed by atoms with Gasteiger partial charge in [-0.05, 0) is 36.0 Å². The molecule has 2 aromatic rings. The van der Waals surface area contributed by atoms with E-state index in [-0.39, 0.29) is 34.0 Å². The second-order valence-electron chi connectivity index (χ2n) is 6.04. The van der Waals surface area contributed by atoms with Crippen LogP contribution in [0.15, 0.2) is 28.5 Å². The minimum absolute atomic E-state index is 0.0444. The SMILES string of the molecule is COC(=O)c1c(OCc2cccc(C(=O)C3CC3)c2)nsc1S(C)(=O)=O. The van der Waals surface area contributed by atoms with E-state index >= 15 is 0 Å². The van der Waals surface area contributed by atoms with Crippen molar-refractivity contribution in [1.29, 1.82) is 0 Å². The molecule has 1 heterocycles. The zero-order valence-corrected chi connectivity index (χ0v) is 15.9. The van der Waals surface area contributed by atoms with Gasteiger partial charge in [-0.2, -0.15) is 4.37 Å². The van der Waals surface area contributed by atoms with E-state index in [0.717, 1.165) is 31.8 Å². The minimum Gasteiger partial charge on any atom is -0.472 e. The number of aromatic nitrogens is 1. The van der Waals surface area contributed by atoms with Gasteiger partial charge in [0.05, 0.1) is 7.11 Å². The summed E-state index contributed by atoms with van der Waals surface area (Å²) in [5, 5.41) is 0. The molecule has 138 valence electrons. The Kier molecular flexibility index (Phi) is 5.10. The molecule has 0 atom stereocenters. The van der Waals surface area contributed by atoms with Crippen LogP contribution in [0.3, 0.4) is 0 Å². The molecule has 1 aliphatic rings. The first-order valence-corrected chi connectivity index (χ1v) is 10.5. The van der Waals surface area contributed by atoms with Crippen LogP contribution in [-0.4, -0.2) is 37.9 Å². The highest BCUT2D eigenvalue weighted by Gasteiger charge is 2.31. The molecule has 1 aromatic carbocycles. The number of methoxy groups -OCH3 is 1. The second kappa shape index (κ2) is 7.16. The summed E-state index contributed by atoms with van der Waals surface area (Å²) in [6.07, 6.45) is 2.84. The van der Waals surface area contributed by atoms with Crippen molar-refractivity contribution in [1.82, 2.24) is 4.37 Å². The molecule has 9 heteroatoms. The highest BCUT2D eigenvalue weighted by atomic mass is 32.2. The van der Waals surface area contributed by atoms with Crippen LogP contribution in [0, 0.1) is 5.92 Å². The van der Waals surface area contributed by atoms with Crippen LogP contribution in [0.2, 0.25) is 0 Å². The van der Waals surface area contributed by atoms with E-state index in [4.69, 9.17) is 4.74 Å². The molecular weight excluding hydrogens is 378 g/mol. The van der Waals surface area contributed by atoms with E-state index in [1.165, 1.54) is 0 Å². The number of carbonyl (C=O) groups excluding carboxylic acids is 2. The van der Waals surface area contributed by atoms with E-state index in [0.29, 0.717) is 17.1 Å². The maximum absolute atomic E-state index is 12.2. The molecule has 1 aromatic heterocycles. The van der Waals surface area contributed by atoms with Gasteiger partial charge in [-0.25, -0.2) is 13.2 Å². The fraction of sp³-hybridized carbons (Fsp3) is 0.353. The molecule has 0 amide bonds. The van der Waals surface area contributed by atoms with E-state index < -0.39 is 15.8 Å².